The minimum absolute atomic E-state index is 0.0558. The first-order chi connectivity index (χ1) is 9.85. The van der Waals surface area contributed by atoms with Gasteiger partial charge in [-0.15, -0.1) is 0 Å². The van der Waals surface area contributed by atoms with Gasteiger partial charge in [-0.3, -0.25) is 9.59 Å². The van der Waals surface area contributed by atoms with Crippen LogP contribution in [0, 0.1) is 5.92 Å². The number of benzene rings is 1. The molecule has 1 unspecified atom stereocenters. The molecule has 1 aromatic rings. The summed E-state index contributed by atoms with van der Waals surface area (Å²) >= 11 is 0. The van der Waals surface area contributed by atoms with Gasteiger partial charge in [-0.1, -0.05) is 45.0 Å². The van der Waals surface area contributed by atoms with Gasteiger partial charge in [0.05, 0.1) is 0 Å². The molecule has 1 atom stereocenters. The van der Waals surface area contributed by atoms with Crippen molar-refractivity contribution in [3.8, 4) is 0 Å². The third-order valence-corrected chi connectivity index (χ3v) is 3.52. The maximum absolute atomic E-state index is 12.5. The van der Waals surface area contributed by atoms with Gasteiger partial charge >= 0.3 is 0 Å². The van der Waals surface area contributed by atoms with E-state index in [-0.39, 0.29) is 17.7 Å². The van der Waals surface area contributed by atoms with Crippen molar-refractivity contribution in [3.05, 3.63) is 35.4 Å². The molecule has 116 valence electrons. The Morgan fingerprint density at radius 3 is 2.10 bits per heavy atom. The zero-order valence-corrected chi connectivity index (χ0v) is 13.6. The lowest BCUT2D eigenvalue weighted by Crippen LogP contribution is -2.49. The van der Waals surface area contributed by atoms with E-state index in [1.807, 2.05) is 26.0 Å². The average Bonchev–Trinajstić information content (AvgIpc) is 2.44. The molecule has 0 aromatic heterocycles. The van der Waals surface area contributed by atoms with E-state index in [1.165, 1.54) is 12.5 Å². The van der Waals surface area contributed by atoms with Crippen molar-refractivity contribution < 1.29 is 9.59 Å². The van der Waals surface area contributed by atoms with E-state index < -0.39 is 6.04 Å². The molecule has 0 spiro atoms. The minimum atomic E-state index is -0.470. The topological polar surface area (TPSA) is 49.4 Å². The van der Waals surface area contributed by atoms with Crippen LogP contribution >= 0.6 is 0 Å². The van der Waals surface area contributed by atoms with Crippen LogP contribution in [0.15, 0.2) is 24.3 Å². The third-order valence-electron chi connectivity index (χ3n) is 3.52. The maximum atomic E-state index is 12.5. The van der Waals surface area contributed by atoms with Crippen LogP contribution < -0.4 is 5.32 Å². The highest BCUT2D eigenvalue weighted by Crippen LogP contribution is 2.11. The molecular formula is C17H26N2O2. The second-order valence-electron chi connectivity index (χ2n) is 5.79. The summed E-state index contributed by atoms with van der Waals surface area (Å²) in [6.45, 7) is 7.97. The van der Waals surface area contributed by atoms with E-state index in [2.05, 4.69) is 24.4 Å². The smallest absolute Gasteiger partial charge is 0.245 e. The Kier molecular flexibility index (Phi) is 6.40. The number of carbonyl (C=O) groups is 2. The fraction of sp³-hybridized carbons (Fsp3) is 0.529. The number of likely N-dealkylation sites (N-methyl/N-ethyl adjacent to an activating group) is 1. The molecule has 4 heteroatoms. The molecule has 1 aromatic carbocycles. The first kappa shape index (κ1) is 17.2. The third kappa shape index (κ3) is 5.21. The molecular weight excluding hydrogens is 264 g/mol. The van der Waals surface area contributed by atoms with Gasteiger partial charge in [0, 0.05) is 20.5 Å². The van der Waals surface area contributed by atoms with Crippen LogP contribution in [-0.4, -0.2) is 29.8 Å². The molecule has 0 fully saturated rings. The Morgan fingerprint density at radius 1 is 1.14 bits per heavy atom. The lowest BCUT2D eigenvalue weighted by molar-refractivity contribution is -0.136. The van der Waals surface area contributed by atoms with Crippen molar-refractivity contribution in [1.29, 1.82) is 0 Å². The Morgan fingerprint density at radius 2 is 1.67 bits per heavy atom. The number of rotatable bonds is 6. The standard InChI is InChI=1S/C17H26N2O2/c1-6-14-7-9-15(10-8-14)11-19(5)17(21)16(12(2)3)18-13(4)20/h7-10,12,16H,6,11H2,1-5H3,(H,18,20). The molecule has 0 saturated heterocycles. The molecule has 0 aliphatic carbocycles. The second-order valence-corrected chi connectivity index (χ2v) is 5.79. The maximum Gasteiger partial charge on any atom is 0.245 e. The molecule has 0 heterocycles. The normalized spacial score (nSPS) is 12.1. The predicted octanol–water partition coefficient (Wildman–Crippen LogP) is 2.37. The summed E-state index contributed by atoms with van der Waals surface area (Å²) in [4.78, 5) is 25.4. The molecule has 0 aliphatic rings. The number of carbonyl (C=O) groups excluding carboxylic acids is 2. The molecule has 0 radical (unpaired) electrons. The zero-order chi connectivity index (χ0) is 16.0. The molecule has 0 saturated carbocycles. The lowest BCUT2D eigenvalue weighted by atomic mass is 10.0. The summed E-state index contributed by atoms with van der Waals surface area (Å²) in [5.41, 5.74) is 2.37. The van der Waals surface area contributed by atoms with Crippen LogP contribution in [0.3, 0.4) is 0 Å². The Labute approximate surface area is 127 Å². The van der Waals surface area contributed by atoms with Crippen molar-refractivity contribution in [1.82, 2.24) is 10.2 Å². The van der Waals surface area contributed by atoms with E-state index in [4.69, 9.17) is 0 Å². The number of nitrogens with zero attached hydrogens (tertiary/aromatic N) is 1. The highest BCUT2D eigenvalue weighted by atomic mass is 16.2. The van der Waals surface area contributed by atoms with Gasteiger partial charge in [0.1, 0.15) is 6.04 Å². The van der Waals surface area contributed by atoms with Crippen LogP contribution in [0.4, 0.5) is 0 Å². The number of hydrogen-bond acceptors (Lipinski definition) is 2. The van der Waals surface area contributed by atoms with Gasteiger partial charge in [-0.05, 0) is 23.5 Å². The number of aryl methyl sites for hydroxylation is 1. The Balaban J connectivity index is 2.73. The van der Waals surface area contributed by atoms with E-state index in [0.29, 0.717) is 6.54 Å². The van der Waals surface area contributed by atoms with Crippen molar-refractivity contribution in [2.45, 2.75) is 46.7 Å². The zero-order valence-electron chi connectivity index (χ0n) is 13.6. The van der Waals surface area contributed by atoms with E-state index in [9.17, 15) is 9.59 Å². The molecule has 1 rings (SSSR count). The van der Waals surface area contributed by atoms with Crippen molar-refractivity contribution in [2.75, 3.05) is 7.05 Å². The molecule has 21 heavy (non-hydrogen) atoms. The number of amides is 2. The van der Waals surface area contributed by atoms with Gasteiger partial charge in [-0.25, -0.2) is 0 Å². The molecule has 0 bridgehead atoms. The summed E-state index contributed by atoms with van der Waals surface area (Å²) in [5.74, 6) is -0.172. The highest BCUT2D eigenvalue weighted by molar-refractivity contribution is 5.86. The fourth-order valence-corrected chi connectivity index (χ4v) is 2.20. The van der Waals surface area contributed by atoms with Crippen molar-refractivity contribution in [2.24, 2.45) is 5.92 Å². The Bertz CT molecular complexity index is 480. The van der Waals surface area contributed by atoms with Gasteiger partial charge in [0.2, 0.25) is 11.8 Å². The van der Waals surface area contributed by atoms with E-state index >= 15 is 0 Å². The number of nitrogens with one attached hydrogen (secondary N) is 1. The van der Waals surface area contributed by atoms with E-state index in [0.717, 1.165) is 12.0 Å². The van der Waals surface area contributed by atoms with Gasteiger partial charge in [-0.2, -0.15) is 0 Å². The molecule has 2 amide bonds. The van der Waals surface area contributed by atoms with Crippen molar-refractivity contribution in [3.63, 3.8) is 0 Å². The van der Waals surface area contributed by atoms with Gasteiger partial charge in [0.25, 0.3) is 0 Å². The minimum Gasteiger partial charge on any atom is -0.344 e. The van der Waals surface area contributed by atoms with Crippen LogP contribution in [0.2, 0.25) is 0 Å². The monoisotopic (exact) mass is 290 g/mol. The SMILES string of the molecule is CCc1ccc(CN(C)C(=O)C(NC(C)=O)C(C)C)cc1. The fourth-order valence-electron chi connectivity index (χ4n) is 2.20. The van der Waals surface area contributed by atoms with Crippen LogP contribution in [0.5, 0.6) is 0 Å². The Hall–Kier alpha value is -1.84. The largest absolute Gasteiger partial charge is 0.344 e. The van der Waals surface area contributed by atoms with Crippen LogP contribution in [0.1, 0.15) is 38.8 Å². The van der Waals surface area contributed by atoms with Crippen molar-refractivity contribution >= 4 is 11.8 Å². The summed E-state index contributed by atoms with van der Waals surface area (Å²) in [6, 6.07) is 7.79. The van der Waals surface area contributed by atoms with Crippen LogP contribution in [0.25, 0.3) is 0 Å². The number of hydrogen-bond donors (Lipinski definition) is 1. The summed E-state index contributed by atoms with van der Waals surface area (Å²) in [5, 5.41) is 2.73. The first-order valence-corrected chi connectivity index (χ1v) is 7.45. The van der Waals surface area contributed by atoms with Gasteiger partial charge < -0.3 is 10.2 Å². The lowest BCUT2D eigenvalue weighted by Gasteiger charge is -2.26. The summed E-state index contributed by atoms with van der Waals surface area (Å²) in [6.07, 6.45) is 1.01. The highest BCUT2D eigenvalue weighted by Gasteiger charge is 2.25. The second kappa shape index (κ2) is 7.81. The first-order valence-electron chi connectivity index (χ1n) is 7.45. The molecule has 1 N–H and O–H groups in total. The molecule has 4 nitrogen and oxygen atoms in total. The predicted molar refractivity (Wildman–Crippen MR) is 84.7 cm³/mol. The van der Waals surface area contributed by atoms with E-state index in [1.54, 1.807) is 11.9 Å². The molecule has 0 aliphatic heterocycles. The summed E-state index contributed by atoms with van der Waals surface area (Å²) < 4.78 is 0. The average molecular weight is 290 g/mol. The quantitative estimate of drug-likeness (QED) is 0.874. The van der Waals surface area contributed by atoms with Crippen LogP contribution in [-0.2, 0) is 22.6 Å². The van der Waals surface area contributed by atoms with Gasteiger partial charge in [0.15, 0.2) is 0 Å². The summed E-state index contributed by atoms with van der Waals surface area (Å²) in [7, 11) is 1.77.